The van der Waals surface area contributed by atoms with Gasteiger partial charge in [0.2, 0.25) is 5.91 Å². The minimum Gasteiger partial charge on any atom is -0.340 e. The van der Waals surface area contributed by atoms with E-state index in [1.165, 1.54) is 0 Å². The Labute approximate surface area is 125 Å². The van der Waals surface area contributed by atoms with E-state index in [2.05, 4.69) is 5.32 Å². The number of amides is 1. The van der Waals surface area contributed by atoms with Crippen molar-refractivity contribution in [3.63, 3.8) is 0 Å². The van der Waals surface area contributed by atoms with Crippen molar-refractivity contribution in [3.8, 4) is 0 Å². The number of nitrogens with zero attached hydrogens (tertiary/aromatic N) is 1. The summed E-state index contributed by atoms with van der Waals surface area (Å²) < 4.78 is 0. The maximum Gasteiger partial charge on any atom is 0.239 e. The third-order valence-corrected chi connectivity index (χ3v) is 3.72. The topological polar surface area (TPSA) is 32.3 Å². The van der Waals surface area contributed by atoms with Crippen molar-refractivity contribution in [2.24, 2.45) is 0 Å². The molecule has 1 aromatic carbocycles. The van der Waals surface area contributed by atoms with Crippen LogP contribution in [0.1, 0.15) is 24.8 Å². The van der Waals surface area contributed by atoms with Gasteiger partial charge in [-0.2, -0.15) is 0 Å². The molecule has 0 aromatic heterocycles. The van der Waals surface area contributed by atoms with Crippen LogP contribution in [0.3, 0.4) is 0 Å². The highest BCUT2D eigenvalue weighted by molar-refractivity contribution is 6.31. The average molecular weight is 303 g/mol. The number of halogens is 2. The van der Waals surface area contributed by atoms with Gasteiger partial charge in [-0.1, -0.05) is 36.2 Å². The highest BCUT2D eigenvalue weighted by Gasteiger charge is 2.23. The number of rotatable bonds is 3. The van der Waals surface area contributed by atoms with E-state index in [0.29, 0.717) is 11.6 Å². The maximum atomic E-state index is 12.2. The molecule has 0 aliphatic carbocycles. The van der Waals surface area contributed by atoms with Gasteiger partial charge in [-0.05, 0) is 31.0 Å². The number of carbonyl (C=O) groups excluding carboxylic acids is 1. The first kappa shape index (κ1) is 16.3. The van der Waals surface area contributed by atoms with Gasteiger partial charge in [0.05, 0.1) is 6.04 Å². The van der Waals surface area contributed by atoms with Gasteiger partial charge < -0.3 is 10.2 Å². The Morgan fingerprint density at radius 2 is 2.16 bits per heavy atom. The zero-order valence-corrected chi connectivity index (χ0v) is 12.6. The van der Waals surface area contributed by atoms with Gasteiger partial charge in [-0.25, -0.2) is 0 Å². The zero-order valence-electron chi connectivity index (χ0n) is 11.1. The van der Waals surface area contributed by atoms with Gasteiger partial charge in [0.25, 0.3) is 0 Å². The smallest absolute Gasteiger partial charge is 0.239 e. The van der Waals surface area contributed by atoms with E-state index in [1.807, 2.05) is 31.3 Å². The van der Waals surface area contributed by atoms with Gasteiger partial charge in [0.1, 0.15) is 0 Å². The average Bonchev–Trinajstić information content (AvgIpc) is 2.41. The second-order valence-electron chi connectivity index (χ2n) is 4.79. The predicted molar refractivity (Wildman–Crippen MR) is 80.8 cm³/mol. The normalized spacial score (nSPS) is 18.5. The predicted octanol–water partition coefficient (Wildman–Crippen LogP) is 2.86. The summed E-state index contributed by atoms with van der Waals surface area (Å²) in [6.07, 6.45) is 3.23. The molecule has 1 heterocycles. The largest absolute Gasteiger partial charge is 0.340 e. The highest BCUT2D eigenvalue weighted by atomic mass is 35.5. The molecule has 1 atom stereocenters. The molecule has 1 fully saturated rings. The van der Waals surface area contributed by atoms with Crippen LogP contribution < -0.4 is 5.32 Å². The third kappa shape index (κ3) is 4.37. The molecule has 2 rings (SSSR count). The van der Waals surface area contributed by atoms with Gasteiger partial charge in [-0.15, -0.1) is 12.4 Å². The molecular formula is C14H20Cl2N2O. The quantitative estimate of drug-likeness (QED) is 0.931. The molecule has 1 amide bonds. The molecule has 3 nitrogen and oxygen atoms in total. The van der Waals surface area contributed by atoms with Crippen LogP contribution in [0.15, 0.2) is 24.3 Å². The van der Waals surface area contributed by atoms with Crippen LogP contribution in [0.25, 0.3) is 0 Å². The summed E-state index contributed by atoms with van der Waals surface area (Å²) in [6.45, 7) is 1.51. The number of piperidine rings is 1. The van der Waals surface area contributed by atoms with Crippen molar-refractivity contribution in [2.75, 3.05) is 13.6 Å². The summed E-state index contributed by atoms with van der Waals surface area (Å²) >= 11 is 6.11. The van der Waals surface area contributed by atoms with Crippen LogP contribution in [0.4, 0.5) is 0 Å². The number of benzene rings is 1. The first-order valence-corrected chi connectivity index (χ1v) is 6.78. The lowest BCUT2D eigenvalue weighted by molar-refractivity contribution is -0.133. The number of hydrogen-bond acceptors (Lipinski definition) is 2. The summed E-state index contributed by atoms with van der Waals surface area (Å²) in [4.78, 5) is 14.0. The molecule has 5 heteroatoms. The second-order valence-corrected chi connectivity index (χ2v) is 5.20. The van der Waals surface area contributed by atoms with Crippen molar-refractivity contribution in [2.45, 2.75) is 31.8 Å². The summed E-state index contributed by atoms with van der Waals surface area (Å²) in [5.41, 5.74) is 0.992. The fourth-order valence-corrected chi connectivity index (χ4v) is 2.48. The van der Waals surface area contributed by atoms with E-state index in [4.69, 9.17) is 11.6 Å². The van der Waals surface area contributed by atoms with Crippen LogP contribution in [0.5, 0.6) is 0 Å². The van der Waals surface area contributed by atoms with E-state index in [9.17, 15) is 4.79 Å². The Hall–Kier alpha value is -0.770. The van der Waals surface area contributed by atoms with Crippen molar-refractivity contribution < 1.29 is 4.79 Å². The first-order chi connectivity index (χ1) is 8.68. The molecule has 1 saturated heterocycles. The zero-order chi connectivity index (χ0) is 13.0. The van der Waals surface area contributed by atoms with Crippen LogP contribution >= 0.6 is 24.0 Å². The maximum absolute atomic E-state index is 12.2. The van der Waals surface area contributed by atoms with E-state index in [0.717, 1.165) is 31.4 Å². The molecule has 0 bridgehead atoms. The van der Waals surface area contributed by atoms with Crippen molar-refractivity contribution >= 4 is 29.9 Å². The number of likely N-dealkylation sites (N-methyl/N-ethyl adjacent to an activating group) is 1. The van der Waals surface area contributed by atoms with Gasteiger partial charge >= 0.3 is 0 Å². The minimum absolute atomic E-state index is 0. The van der Waals surface area contributed by atoms with Crippen LogP contribution in [0, 0.1) is 0 Å². The lowest BCUT2D eigenvalue weighted by Gasteiger charge is -2.27. The van der Waals surface area contributed by atoms with Gasteiger partial charge in [0.15, 0.2) is 0 Å². The van der Waals surface area contributed by atoms with Gasteiger partial charge in [0, 0.05) is 18.6 Å². The van der Waals surface area contributed by atoms with Crippen LogP contribution in [0.2, 0.25) is 5.02 Å². The molecule has 1 N–H and O–H groups in total. The summed E-state index contributed by atoms with van der Waals surface area (Å²) in [5, 5.41) is 3.99. The molecule has 1 aliphatic rings. The molecule has 0 unspecified atom stereocenters. The lowest BCUT2D eigenvalue weighted by Crippen LogP contribution is -2.47. The summed E-state index contributed by atoms with van der Waals surface area (Å²) in [7, 11) is 1.84. The second kappa shape index (κ2) is 7.73. The highest BCUT2D eigenvalue weighted by Crippen LogP contribution is 2.17. The molecule has 1 aromatic rings. The Morgan fingerprint density at radius 3 is 2.79 bits per heavy atom. The van der Waals surface area contributed by atoms with Crippen molar-refractivity contribution in [1.29, 1.82) is 0 Å². The van der Waals surface area contributed by atoms with Crippen LogP contribution in [-0.2, 0) is 11.3 Å². The third-order valence-electron chi connectivity index (χ3n) is 3.35. The fourth-order valence-electron chi connectivity index (χ4n) is 2.29. The molecule has 0 spiro atoms. The lowest BCUT2D eigenvalue weighted by atomic mass is 10.0. The van der Waals surface area contributed by atoms with Crippen molar-refractivity contribution in [3.05, 3.63) is 34.9 Å². The van der Waals surface area contributed by atoms with E-state index >= 15 is 0 Å². The molecule has 19 heavy (non-hydrogen) atoms. The molecule has 1 aliphatic heterocycles. The number of carbonyl (C=O) groups is 1. The summed E-state index contributed by atoms with van der Waals surface area (Å²) in [5.74, 6) is 0.162. The van der Waals surface area contributed by atoms with E-state index in [-0.39, 0.29) is 24.4 Å². The number of hydrogen-bond donors (Lipinski definition) is 1. The first-order valence-electron chi connectivity index (χ1n) is 6.40. The molecule has 0 radical (unpaired) electrons. The molecule has 106 valence electrons. The van der Waals surface area contributed by atoms with Gasteiger partial charge in [-0.3, -0.25) is 4.79 Å². The standard InChI is InChI=1S/C14H19ClN2O.ClH/c1-17(10-11-6-2-3-7-12(11)15)14(18)13-8-4-5-9-16-13;/h2-3,6-7,13,16H,4-5,8-10H2,1H3;1H/t13-;/m1./s1. The fraction of sp³-hybridized carbons (Fsp3) is 0.500. The SMILES string of the molecule is CN(Cc1ccccc1Cl)C(=O)[C@H]1CCCCN1.Cl. The van der Waals surface area contributed by atoms with Crippen molar-refractivity contribution in [1.82, 2.24) is 10.2 Å². The Balaban J connectivity index is 0.00000180. The monoisotopic (exact) mass is 302 g/mol. The van der Waals surface area contributed by atoms with Crippen LogP contribution in [-0.4, -0.2) is 30.4 Å². The Morgan fingerprint density at radius 1 is 1.42 bits per heavy atom. The Bertz CT molecular complexity index is 420. The molecule has 0 saturated carbocycles. The minimum atomic E-state index is -0.0220. The summed E-state index contributed by atoms with van der Waals surface area (Å²) in [6, 6.07) is 7.63. The Kier molecular flexibility index (Phi) is 6.63. The number of nitrogens with one attached hydrogen (secondary N) is 1. The molecular weight excluding hydrogens is 283 g/mol. The van der Waals surface area contributed by atoms with E-state index in [1.54, 1.807) is 4.90 Å². The van der Waals surface area contributed by atoms with E-state index < -0.39 is 0 Å².